The maximum atomic E-state index is 4.65. The molecule has 1 aromatic carbocycles. The molecule has 3 rings (SSSR count). The summed E-state index contributed by atoms with van der Waals surface area (Å²) in [4.78, 5) is 7.08. The van der Waals surface area contributed by atoms with E-state index < -0.39 is 0 Å². The maximum Gasteiger partial charge on any atom is 0.136 e. The van der Waals surface area contributed by atoms with E-state index in [2.05, 4.69) is 53.3 Å². The van der Waals surface area contributed by atoms with Gasteiger partial charge in [-0.15, -0.1) is 0 Å². The first-order chi connectivity index (χ1) is 9.74. The number of hydrogen-bond acceptors (Lipinski definition) is 3. The fourth-order valence-electron chi connectivity index (χ4n) is 2.93. The van der Waals surface area contributed by atoms with Crippen LogP contribution < -0.4 is 10.2 Å². The second kappa shape index (κ2) is 5.70. The zero-order valence-corrected chi connectivity index (χ0v) is 12.4. The Bertz CT molecular complexity index is 586. The number of rotatable bonds is 3. The van der Waals surface area contributed by atoms with Crippen molar-refractivity contribution in [3.63, 3.8) is 0 Å². The van der Waals surface area contributed by atoms with E-state index in [0.717, 1.165) is 18.9 Å². The van der Waals surface area contributed by atoms with E-state index in [4.69, 9.17) is 0 Å². The molecule has 0 saturated carbocycles. The Balaban J connectivity index is 2.01. The third kappa shape index (κ3) is 2.72. The predicted molar refractivity (Wildman–Crippen MR) is 86.6 cm³/mol. The van der Waals surface area contributed by atoms with Crippen molar-refractivity contribution >= 4 is 22.3 Å². The van der Waals surface area contributed by atoms with Crippen molar-refractivity contribution in [1.82, 2.24) is 4.98 Å². The average Bonchev–Trinajstić information content (AvgIpc) is 2.47. The van der Waals surface area contributed by atoms with Gasteiger partial charge in [0.15, 0.2) is 0 Å². The molecule has 0 atom stereocenters. The molecule has 1 saturated heterocycles. The quantitative estimate of drug-likeness (QED) is 0.911. The first kappa shape index (κ1) is 13.2. The van der Waals surface area contributed by atoms with Gasteiger partial charge in [-0.1, -0.05) is 6.07 Å². The number of fused-ring (bicyclic) bond motifs is 1. The Hall–Kier alpha value is -1.77. The van der Waals surface area contributed by atoms with Gasteiger partial charge >= 0.3 is 0 Å². The molecule has 1 aliphatic rings. The van der Waals surface area contributed by atoms with E-state index in [9.17, 15) is 0 Å². The summed E-state index contributed by atoms with van der Waals surface area (Å²) < 4.78 is 0. The van der Waals surface area contributed by atoms with Gasteiger partial charge in [-0.05, 0) is 56.7 Å². The lowest BCUT2D eigenvalue weighted by Gasteiger charge is -2.28. The van der Waals surface area contributed by atoms with Crippen molar-refractivity contribution in [1.29, 1.82) is 0 Å². The molecule has 3 heteroatoms. The Kier molecular flexibility index (Phi) is 3.77. The molecule has 0 unspecified atom stereocenters. The molecule has 0 aliphatic carbocycles. The van der Waals surface area contributed by atoms with Gasteiger partial charge in [-0.3, -0.25) is 0 Å². The number of nitrogens with one attached hydrogen (secondary N) is 1. The van der Waals surface area contributed by atoms with Crippen molar-refractivity contribution in [3.8, 4) is 0 Å². The summed E-state index contributed by atoms with van der Waals surface area (Å²) in [5, 5.41) is 6.02. The van der Waals surface area contributed by atoms with Crippen molar-refractivity contribution in [2.75, 3.05) is 23.3 Å². The lowest BCUT2D eigenvalue weighted by molar-refractivity contribution is 0.575. The van der Waals surface area contributed by atoms with Gasteiger partial charge in [0.2, 0.25) is 0 Å². The number of aromatic nitrogens is 1. The molecule has 1 aromatic heterocycles. The minimum atomic E-state index is 0.447. The molecular weight excluding hydrogens is 246 g/mol. The molecule has 0 radical (unpaired) electrons. The Morgan fingerprint density at radius 3 is 2.65 bits per heavy atom. The van der Waals surface area contributed by atoms with Crippen LogP contribution in [-0.4, -0.2) is 24.1 Å². The highest BCUT2D eigenvalue weighted by molar-refractivity contribution is 5.94. The minimum absolute atomic E-state index is 0.447. The van der Waals surface area contributed by atoms with Crippen molar-refractivity contribution in [3.05, 3.63) is 30.5 Å². The number of nitrogens with zero attached hydrogens (tertiary/aromatic N) is 2. The highest BCUT2D eigenvalue weighted by Crippen LogP contribution is 2.29. The number of hydrogen-bond donors (Lipinski definition) is 1. The van der Waals surface area contributed by atoms with Gasteiger partial charge in [0.05, 0.1) is 0 Å². The van der Waals surface area contributed by atoms with Crippen LogP contribution in [0.5, 0.6) is 0 Å². The van der Waals surface area contributed by atoms with Crippen LogP contribution in [0.3, 0.4) is 0 Å². The number of piperidine rings is 1. The van der Waals surface area contributed by atoms with Crippen LogP contribution in [0.1, 0.15) is 33.1 Å². The molecule has 2 aromatic rings. The first-order valence-corrected chi connectivity index (χ1v) is 7.64. The van der Waals surface area contributed by atoms with E-state index in [-0.39, 0.29) is 0 Å². The standard InChI is InChI=1S/C17H23N3/c1-13(2)19-15-7-6-14-8-9-18-17(16(14)12-15)20-10-4-3-5-11-20/h6-9,12-13,19H,3-5,10-11H2,1-2H3. The summed E-state index contributed by atoms with van der Waals surface area (Å²) in [6.45, 7) is 6.60. The maximum absolute atomic E-state index is 4.65. The molecule has 1 N–H and O–H groups in total. The molecule has 3 nitrogen and oxygen atoms in total. The Morgan fingerprint density at radius 2 is 1.90 bits per heavy atom. The highest BCUT2D eigenvalue weighted by Gasteiger charge is 2.15. The third-order valence-corrected chi connectivity index (χ3v) is 3.86. The monoisotopic (exact) mass is 269 g/mol. The first-order valence-electron chi connectivity index (χ1n) is 7.64. The zero-order valence-electron chi connectivity index (χ0n) is 12.4. The van der Waals surface area contributed by atoms with Crippen LogP contribution in [0.25, 0.3) is 10.8 Å². The second-order valence-corrected chi connectivity index (χ2v) is 5.92. The largest absolute Gasteiger partial charge is 0.383 e. The van der Waals surface area contributed by atoms with E-state index in [1.807, 2.05) is 6.20 Å². The lowest BCUT2D eigenvalue weighted by atomic mass is 10.1. The topological polar surface area (TPSA) is 28.2 Å². The number of benzene rings is 1. The van der Waals surface area contributed by atoms with E-state index in [1.165, 1.54) is 35.7 Å². The molecular formula is C17H23N3. The number of anilines is 2. The fourth-order valence-corrected chi connectivity index (χ4v) is 2.93. The highest BCUT2D eigenvalue weighted by atomic mass is 15.2. The number of pyridine rings is 1. The van der Waals surface area contributed by atoms with Crippen LogP contribution in [0.4, 0.5) is 11.5 Å². The van der Waals surface area contributed by atoms with Gasteiger partial charge in [0.1, 0.15) is 5.82 Å². The van der Waals surface area contributed by atoms with E-state index in [0.29, 0.717) is 6.04 Å². The van der Waals surface area contributed by atoms with Gasteiger partial charge < -0.3 is 10.2 Å². The summed E-state index contributed by atoms with van der Waals surface area (Å²) in [6.07, 6.45) is 5.84. The van der Waals surface area contributed by atoms with E-state index >= 15 is 0 Å². The predicted octanol–water partition coefficient (Wildman–Crippen LogP) is 4.05. The second-order valence-electron chi connectivity index (χ2n) is 5.92. The minimum Gasteiger partial charge on any atom is -0.383 e. The summed E-state index contributed by atoms with van der Waals surface area (Å²) in [7, 11) is 0. The SMILES string of the molecule is CC(C)Nc1ccc2ccnc(N3CCCCC3)c2c1. The van der Waals surface area contributed by atoms with Gasteiger partial charge in [-0.25, -0.2) is 4.98 Å². The summed E-state index contributed by atoms with van der Waals surface area (Å²) >= 11 is 0. The molecule has 0 spiro atoms. The molecule has 0 amide bonds. The Morgan fingerprint density at radius 1 is 1.10 bits per heavy atom. The van der Waals surface area contributed by atoms with Crippen LogP contribution in [-0.2, 0) is 0 Å². The lowest BCUT2D eigenvalue weighted by Crippen LogP contribution is -2.30. The average molecular weight is 269 g/mol. The smallest absolute Gasteiger partial charge is 0.136 e. The summed E-state index contributed by atoms with van der Waals surface area (Å²) in [5.74, 6) is 1.15. The summed E-state index contributed by atoms with van der Waals surface area (Å²) in [6, 6.07) is 9.13. The molecule has 20 heavy (non-hydrogen) atoms. The molecule has 1 aliphatic heterocycles. The van der Waals surface area contributed by atoms with Crippen LogP contribution in [0.2, 0.25) is 0 Å². The van der Waals surface area contributed by atoms with Crippen LogP contribution in [0, 0.1) is 0 Å². The van der Waals surface area contributed by atoms with Crippen molar-refractivity contribution in [2.24, 2.45) is 0 Å². The molecule has 2 heterocycles. The summed E-state index contributed by atoms with van der Waals surface area (Å²) in [5.41, 5.74) is 1.18. The van der Waals surface area contributed by atoms with E-state index in [1.54, 1.807) is 0 Å². The third-order valence-electron chi connectivity index (χ3n) is 3.86. The van der Waals surface area contributed by atoms with Gasteiger partial charge in [-0.2, -0.15) is 0 Å². The van der Waals surface area contributed by atoms with Crippen LogP contribution in [0.15, 0.2) is 30.5 Å². The molecule has 0 bridgehead atoms. The van der Waals surface area contributed by atoms with Gasteiger partial charge in [0, 0.05) is 36.4 Å². The van der Waals surface area contributed by atoms with Gasteiger partial charge in [0.25, 0.3) is 0 Å². The zero-order chi connectivity index (χ0) is 13.9. The molecule has 1 fully saturated rings. The van der Waals surface area contributed by atoms with Crippen molar-refractivity contribution in [2.45, 2.75) is 39.2 Å². The molecule has 106 valence electrons. The normalized spacial score (nSPS) is 15.8. The Labute approximate surface area is 121 Å². The fraction of sp³-hybridized carbons (Fsp3) is 0.471. The van der Waals surface area contributed by atoms with Crippen LogP contribution >= 0.6 is 0 Å². The van der Waals surface area contributed by atoms with Crippen molar-refractivity contribution < 1.29 is 0 Å².